The number of hydrogen-bond donors (Lipinski definition) is 2. The zero-order valence-corrected chi connectivity index (χ0v) is 14.2. The van der Waals surface area contributed by atoms with Crippen LogP contribution in [0.15, 0.2) is 54.7 Å². The van der Waals surface area contributed by atoms with Crippen molar-refractivity contribution in [2.24, 2.45) is 0 Å². The number of nitrogens with one attached hydrogen (secondary N) is 1. The first-order valence-electron chi connectivity index (χ1n) is 7.97. The monoisotopic (exact) mass is 371 g/mol. The quantitative estimate of drug-likeness (QED) is 0.722. The van der Waals surface area contributed by atoms with Crippen LogP contribution in [-0.2, 0) is 4.79 Å². The van der Waals surface area contributed by atoms with Gasteiger partial charge in [0.25, 0.3) is 5.91 Å². The molecule has 3 rings (SSSR count). The molecule has 2 N–H and O–H groups in total. The number of carboxylic acids is 1. The van der Waals surface area contributed by atoms with Gasteiger partial charge in [0.1, 0.15) is 11.5 Å². The Labute approximate surface area is 153 Å². The molecule has 0 radical (unpaired) electrons. The normalized spacial score (nSPS) is 11.8. The fourth-order valence-corrected chi connectivity index (χ4v) is 2.67. The molecule has 8 heteroatoms. The van der Waals surface area contributed by atoms with Crippen molar-refractivity contribution < 1.29 is 23.5 Å². The van der Waals surface area contributed by atoms with Gasteiger partial charge in [-0.3, -0.25) is 4.79 Å². The molecule has 1 amide bonds. The molecule has 27 heavy (non-hydrogen) atoms. The van der Waals surface area contributed by atoms with Crippen LogP contribution in [0.4, 0.5) is 8.78 Å². The first-order chi connectivity index (χ1) is 12.9. The highest BCUT2D eigenvalue weighted by Crippen LogP contribution is 2.19. The second-order valence-corrected chi connectivity index (χ2v) is 5.81. The number of hydrogen-bond acceptors (Lipinski definition) is 3. The molecule has 0 aliphatic rings. The maximum atomic E-state index is 14.0. The maximum absolute atomic E-state index is 14.0. The number of aromatic nitrogens is 2. The Morgan fingerprint density at radius 2 is 1.85 bits per heavy atom. The highest BCUT2D eigenvalue weighted by Gasteiger charge is 2.25. The fourth-order valence-electron chi connectivity index (χ4n) is 2.67. The molecular formula is C19H15F2N3O3. The summed E-state index contributed by atoms with van der Waals surface area (Å²) in [6.45, 7) is 1.53. The lowest BCUT2D eigenvalue weighted by molar-refractivity contribution is -0.139. The van der Waals surface area contributed by atoms with Crippen molar-refractivity contribution in [1.29, 1.82) is 0 Å². The second kappa shape index (κ2) is 7.36. The number of carbonyl (C=O) groups is 2. The van der Waals surface area contributed by atoms with Crippen LogP contribution in [0.1, 0.15) is 27.7 Å². The van der Waals surface area contributed by atoms with Gasteiger partial charge in [0, 0.05) is 6.07 Å². The van der Waals surface area contributed by atoms with E-state index in [1.807, 2.05) is 0 Å². The molecule has 138 valence electrons. The van der Waals surface area contributed by atoms with Crippen LogP contribution in [0.5, 0.6) is 0 Å². The van der Waals surface area contributed by atoms with Gasteiger partial charge in [0.05, 0.1) is 17.5 Å². The summed E-state index contributed by atoms with van der Waals surface area (Å²) >= 11 is 0. The minimum atomic E-state index is -1.25. The van der Waals surface area contributed by atoms with E-state index in [0.717, 1.165) is 10.7 Å². The lowest BCUT2D eigenvalue weighted by Gasteiger charge is -2.15. The van der Waals surface area contributed by atoms with Crippen molar-refractivity contribution >= 4 is 11.9 Å². The smallest absolute Gasteiger partial charge is 0.330 e. The first-order valence-corrected chi connectivity index (χ1v) is 7.97. The minimum absolute atomic E-state index is 0.0224. The van der Waals surface area contributed by atoms with Gasteiger partial charge in [-0.1, -0.05) is 30.3 Å². The van der Waals surface area contributed by atoms with E-state index in [1.54, 1.807) is 30.3 Å². The molecule has 1 heterocycles. The predicted octanol–water partition coefficient (Wildman–Crippen LogP) is 3.01. The summed E-state index contributed by atoms with van der Waals surface area (Å²) in [6.07, 6.45) is 1.21. The van der Waals surface area contributed by atoms with E-state index in [2.05, 4.69) is 10.4 Å². The van der Waals surface area contributed by atoms with Gasteiger partial charge in [0.15, 0.2) is 11.9 Å². The molecule has 0 saturated carbocycles. The summed E-state index contributed by atoms with van der Waals surface area (Å²) in [4.78, 5) is 24.1. The maximum Gasteiger partial charge on any atom is 0.330 e. The third-order valence-corrected chi connectivity index (χ3v) is 4.05. The Balaban J connectivity index is 1.90. The topological polar surface area (TPSA) is 84.2 Å². The SMILES string of the molecule is Cc1c(C(=O)NC(C(=O)O)c2ccccc2)cnn1-c1ccc(F)cc1F. The third kappa shape index (κ3) is 3.69. The standard InChI is InChI=1S/C19H15F2N3O3/c1-11-14(10-22-24(11)16-8-7-13(20)9-15(16)21)18(25)23-17(19(26)27)12-5-3-2-4-6-12/h2-10,17H,1H3,(H,23,25)(H,26,27). The molecule has 1 unspecified atom stereocenters. The van der Waals surface area contributed by atoms with Gasteiger partial charge in [-0.2, -0.15) is 5.10 Å². The van der Waals surface area contributed by atoms with Crippen molar-refractivity contribution in [1.82, 2.24) is 15.1 Å². The largest absolute Gasteiger partial charge is 0.479 e. The fraction of sp³-hybridized carbons (Fsp3) is 0.105. The molecule has 0 bridgehead atoms. The summed E-state index contributed by atoms with van der Waals surface area (Å²) < 4.78 is 28.2. The van der Waals surface area contributed by atoms with Gasteiger partial charge in [0.2, 0.25) is 0 Å². The summed E-state index contributed by atoms with van der Waals surface area (Å²) in [7, 11) is 0. The van der Waals surface area contributed by atoms with E-state index in [1.165, 1.54) is 19.2 Å². The predicted molar refractivity (Wildman–Crippen MR) is 92.5 cm³/mol. The highest BCUT2D eigenvalue weighted by atomic mass is 19.1. The van der Waals surface area contributed by atoms with Gasteiger partial charge in [-0.25, -0.2) is 18.3 Å². The van der Waals surface area contributed by atoms with E-state index in [-0.39, 0.29) is 16.9 Å². The molecule has 1 atom stereocenters. The number of carboxylic acid groups (broad SMARTS) is 1. The number of amides is 1. The molecule has 1 aromatic heterocycles. The second-order valence-electron chi connectivity index (χ2n) is 5.81. The lowest BCUT2D eigenvalue weighted by Crippen LogP contribution is -2.34. The van der Waals surface area contributed by atoms with Gasteiger partial charge in [-0.15, -0.1) is 0 Å². The zero-order valence-electron chi connectivity index (χ0n) is 14.2. The number of aliphatic carboxylic acids is 1. The molecule has 0 aliphatic carbocycles. The van der Waals surface area contributed by atoms with Crippen molar-refractivity contribution in [2.45, 2.75) is 13.0 Å². The van der Waals surface area contributed by atoms with Crippen LogP contribution in [0.2, 0.25) is 0 Å². The van der Waals surface area contributed by atoms with Crippen LogP contribution >= 0.6 is 0 Å². The molecule has 2 aromatic carbocycles. The van der Waals surface area contributed by atoms with Crippen LogP contribution in [-0.4, -0.2) is 26.8 Å². The van der Waals surface area contributed by atoms with Crippen molar-refractivity contribution in [3.05, 3.63) is 83.2 Å². The molecule has 0 fully saturated rings. The lowest BCUT2D eigenvalue weighted by atomic mass is 10.1. The van der Waals surface area contributed by atoms with Crippen LogP contribution in [0.3, 0.4) is 0 Å². The van der Waals surface area contributed by atoms with E-state index in [4.69, 9.17) is 0 Å². The Morgan fingerprint density at radius 1 is 1.15 bits per heavy atom. The third-order valence-electron chi connectivity index (χ3n) is 4.05. The van der Waals surface area contributed by atoms with Crippen LogP contribution in [0.25, 0.3) is 5.69 Å². The Kier molecular flexibility index (Phi) is 4.98. The molecule has 0 saturated heterocycles. The molecule has 0 spiro atoms. The van der Waals surface area contributed by atoms with Gasteiger partial charge in [-0.05, 0) is 24.6 Å². The first kappa shape index (κ1) is 18.2. The Bertz CT molecular complexity index is 1000. The molecule has 3 aromatic rings. The van der Waals surface area contributed by atoms with Crippen molar-refractivity contribution in [2.75, 3.05) is 0 Å². The highest BCUT2D eigenvalue weighted by molar-refractivity contribution is 5.97. The van der Waals surface area contributed by atoms with Gasteiger partial charge < -0.3 is 10.4 Å². The summed E-state index contributed by atoms with van der Waals surface area (Å²) in [6, 6.07) is 9.99. The van der Waals surface area contributed by atoms with Crippen molar-refractivity contribution in [3.8, 4) is 5.69 Å². The Morgan fingerprint density at radius 3 is 2.48 bits per heavy atom. The Hall–Kier alpha value is -3.55. The minimum Gasteiger partial charge on any atom is -0.479 e. The van der Waals surface area contributed by atoms with Crippen LogP contribution < -0.4 is 5.32 Å². The van der Waals surface area contributed by atoms with Gasteiger partial charge >= 0.3 is 5.97 Å². The van der Waals surface area contributed by atoms with Crippen LogP contribution in [0, 0.1) is 18.6 Å². The number of halogens is 2. The summed E-state index contributed by atoms with van der Waals surface area (Å²) in [5, 5.41) is 15.8. The van der Waals surface area contributed by atoms with Crippen molar-refractivity contribution in [3.63, 3.8) is 0 Å². The van der Waals surface area contributed by atoms with E-state index >= 15 is 0 Å². The molecular weight excluding hydrogens is 356 g/mol. The number of nitrogens with zero attached hydrogens (tertiary/aromatic N) is 2. The molecule has 6 nitrogen and oxygen atoms in total. The summed E-state index contributed by atoms with van der Waals surface area (Å²) in [5.41, 5.74) is 0.759. The van der Waals surface area contributed by atoms with E-state index < -0.39 is 29.6 Å². The molecule has 0 aliphatic heterocycles. The number of rotatable bonds is 5. The summed E-state index contributed by atoms with van der Waals surface area (Å²) in [5.74, 6) is -3.45. The van der Waals surface area contributed by atoms with E-state index in [9.17, 15) is 23.5 Å². The number of benzene rings is 2. The number of carbonyl (C=O) groups excluding carboxylic acids is 1. The average molecular weight is 371 g/mol. The zero-order chi connectivity index (χ0) is 19.6. The average Bonchev–Trinajstić information content (AvgIpc) is 3.01. The van der Waals surface area contributed by atoms with E-state index in [0.29, 0.717) is 11.6 Å².